The number of amides is 1. The van der Waals surface area contributed by atoms with Crippen molar-refractivity contribution in [1.29, 1.82) is 0 Å². The number of nitrogen functional groups attached to an aromatic ring is 1. The Kier molecular flexibility index (Phi) is 8.74. The molecular formula is C34H39ClF4N8O3. The van der Waals surface area contributed by atoms with Gasteiger partial charge in [0.2, 0.25) is 0 Å². The summed E-state index contributed by atoms with van der Waals surface area (Å²) in [6.07, 6.45) is -3.14. The summed E-state index contributed by atoms with van der Waals surface area (Å²) >= 11 is 6.01. The molecule has 1 amide bonds. The number of ether oxygens (including phenoxy) is 2. The van der Waals surface area contributed by atoms with Gasteiger partial charge in [0, 0.05) is 56.8 Å². The van der Waals surface area contributed by atoms with E-state index in [1.807, 2.05) is 16.5 Å². The number of benzene rings is 1. The molecule has 2 aromatic heterocycles. The summed E-state index contributed by atoms with van der Waals surface area (Å²) in [6.45, 7) is 9.38. The molecule has 2 atom stereocenters. The molecule has 4 aliphatic heterocycles. The minimum atomic E-state index is -4.97. The van der Waals surface area contributed by atoms with Gasteiger partial charge >= 0.3 is 12.2 Å². The fourth-order valence-electron chi connectivity index (χ4n) is 7.88. The summed E-state index contributed by atoms with van der Waals surface area (Å²) in [5.74, 6) is -0.940. The highest BCUT2D eigenvalue weighted by molar-refractivity contribution is 6.31. The number of aryl methyl sites for hydroxylation is 1. The van der Waals surface area contributed by atoms with Crippen LogP contribution in [-0.4, -0.2) is 81.3 Å². The number of nitrogens with zero attached hydrogens (tertiary/aromatic N) is 7. The van der Waals surface area contributed by atoms with Gasteiger partial charge in [-0.2, -0.15) is 28.2 Å². The zero-order valence-electron chi connectivity index (χ0n) is 28.2. The second-order valence-electron chi connectivity index (χ2n) is 13.9. The molecule has 2 unspecified atom stereocenters. The summed E-state index contributed by atoms with van der Waals surface area (Å²) in [5, 5.41) is 3.91. The second kappa shape index (κ2) is 12.7. The molecule has 0 aliphatic carbocycles. The van der Waals surface area contributed by atoms with Gasteiger partial charge in [-0.1, -0.05) is 23.8 Å². The number of carbonyl (C=O) groups is 1. The quantitative estimate of drug-likeness (QED) is 0.201. The summed E-state index contributed by atoms with van der Waals surface area (Å²) < 4.78 is 72.5. The van der Waals surface area contributed by atoms with Crippen LogP contribution >= 0.6 is 11.6 Å². The van der Waals surface area contributed by atoms with Crippen LogP contribution in [0.25, 0.3) is 0 Å². The number of nitrogens with two attached hydrogens (primary N) is 1. The molecule has 50 heavy (non-hydrogen) atoms. The van der Waals surface area contributed by atoms with Crippen molar-refractivity contribution < 1.29 is 31.8 Å². The lowest BCUT2D eigenvalue weighted by atomic mass is 9.93. The molecule has 6 heterocycles. The number of rotatable bonds is 6. The number of aromatic nitrogens is 4. The molecule has 0 spiro atoms. The van der Waals surface area contributed by atoms with E-state index < -0.39 is 39.9 Å². The van der Waals surface area contributed by atoms with E-state index in [-0.39, 0.29) is 30.5 Å². The first kappa shape index (κ1) is 34.5. The van der Waals surface area contributed by atoms with Gasteiger partial charge in [0.25, 0.3) is 5.91 Å². The Labute approximate surface area is 292 Å². The molecule has 2 N–H and O–H groups in total. The van der Waals surface area contributed by atoms with Crippen LogP contribution in [0.1, 0.15) is 75.9 Å². The smallest absolute Gasteiger partial charge is 0.418 e. The van der Waals surface area contributed by atoms with Gasteiger partial charge in [0.1, 0.15) is 12.4 Å². The van der Waals surface area contributed by atoms with Crippen LogP contribution in [0, 0.1) is 12.7 Å². The fourth-order valence-corrected chi connectivity index (χ4v) is 8.21. The van der Waals surface area contributed by atoms with E-state index in [0.717, 1.165) is 55.2 Å². The Hall–Kier alpha value is -3.95. The first-order chi connectivity index (χ1) is 23.7. The number of anilines is 2. The SMILES string of the molecule is C=C1CN2CCCC2(COc2nc3c(c(N4CCCn5nc(C(=O)N(C)C)c(C)c5C4)n2)COC(c2c(F)c(N)cc(Cl)c2C(F)(F)F)C3)C1. The van der Waals surface area contributed by atoms with Crippen LogP contribution in [-0.2, 0) is 37.0 Å². The monoisotopic (exact) mass is 718 g/mol. The van der Waals surface area contributed by atoms with Crippen molar-refractivity contribution in [2.75, 3.05) is 51.0 Å². The van der Waals surface area contributed by atoms with E-state index in [4.69, 9.17) is 36.8 Å². The van der Waals surface area contributed by atoms with Gasteiger partial charge in [0.15, 0.2) is 11.5 Å². The maximum atomic E-state index is 15.5. The Bertz CT molecular complexity index is 1880. The highest BCUT2D eigenvalue weighted by atomic mass is 35.5. The molecule has 16 heteroatoms. The zero-order valence-corrected chi connectivity index (χ0v) is 28.9. The maximum Gasteiger partial charge on any atom is 0.418 e. The first-order valence-corrected chi connectivity index (χ1v) is 17.0. The molecule has 11 nitrogen and oxygen atoms in total. The standard InChI is InChI=1S/C34H39ClF4N8O3/c1-18-13-33(7-5-9-46(33)14-18)17-50-32-41-23-12-25(26-27(34(37,38)39)21(35)11-22(40)28(26)36)49-16-20(23)30(42-32)45-8-6-10-47-24(15-45)19(2)29(43-47)31(48)44(3)4/h11,25H,1,5-10,12-17,40H2,2-4H3. The van der Waals surface area contributed by atoms with Gasteiger partial charge in [-0.3, -0.25) is 14.4 Å². The largest absolute Gasteiger partial charge is 0.461 e. The Morgan fingerprint density at radius 1 is 1.22 bits per heavy atom. The molecule has 2 fully saturated rings. The minimum absolute atomic E-state index is 0.0678. The van der Waals surface area contributed by atoms with Gasteiger partial charge in [-0.15, -0.1) is 0 Å². The Morgan fingerprint density at radius 2 is 2.00 bits per heavy atom. The predicted octanol–water partition coefficient (Wildman–Crippen LogP) is 5.47. The number of carbonyl (C=O) groups excluding carboxylic acids is 1. The number of alkyl halides is 3. The van der Waals surface area contributed by atoms with Crippen molar-refractivity contribution in [2.45, 2.75) is 76.5 Å². The number of halogens is 5. The van der Waals surface area contributed by atoms with E-state index in [0.29, 0.717) is 55.4 Å². The molecule has 268 valence electrons. The third-order valence-electron chi connectivity index (χ3n) is 10.3. The fraction of sp³-hybridized carbons (Fsp3) is 0.529. The third kappa shape index (κ3) is 5.96. The summed E-state index contributed by atoms with van der Waals surface area (Å²) in [5.41, 5.74) is 6.96. The maximum absolute atomic E-state index is 15.5. The second-order valence-corrected chi connectivity index (χ2v) is 14.3. The lowest BCUT2D eigenvalue weighted by molar-refractivity contribution is -0.140. The van der Waals surface area contributed by atoms with E-state index in [1.165, 1.54) is 4.90 Å². The Balaban J connectivity index is 1.28. The van der Waals surface area contributed by atoms with Crippen molar-refractivity contribution in [3.8, 4) is 6.01 Å². The zero-order chi connectivity index (χ0) is 35.7. The molecular weight excluding hydrogens is 680 g/mol. The molecule has 0 radical (unpaired) electrons. The number of hydrogen-bond acceptors (Lipinski definition) is 9. The number of fused-ring (bicyclic) bond motifs is 3. The average Bonchev–Trinajstić information content (AvgIpc) is 3.62. The van der Waals surface area contributed by atoms with Gasteiger partial charge < -0.3 is 25.0 Å². The van der Waals surface area contributed by atoms with E-state index in [1.54, 1.807) is 14.1 Å². The van der Waals surface area contributed by atoms with Crippen molar-refractivity contribution in [3.05, 3.63) is 68.4 Å². The van der Waals surface area contributed by atoms with Crippen LogP contribution < -0.4 is 15.4 Å². The van der Waals surface area contributed by atoms with Crippen LogP contribution in [0.5, 0.6) is 6.01 Å². The molecule has 3 aromatic rings. The third-order valence-corrected chi connectivity index (χ3v) is 10.6. The lowest BCUT2D eigenvalue weighted by Gasteiger charge is -2.33. The molecule has 1 aromatic carbocycles. The average molecular weight is 719 g/mol. The van der Waals surface area contributed by atoms with E-state index >= 15 is 4.39 Å². The highest BCUT2D eigenvalue weighted by Crippen LogP contribution is 2.46. The first-order valence-electron chi connectivity index (χ1n) is 16.6. The van der Waals surface area contributed by atoms with Crippen LogP contribution in [0.15, 0.2) is 18.2 Å². The summed E-state index contributed by atoms with van der Waals surface area (Å²) in [4.78, 5) is 28.4. The van der Waals surface area contributed by atoms with Crippen molar-refractivity contribution in [3.63, 3.8) is 0 Å². The van der Waals surface area contributed by atoms with Gasteiger partial charge in [0.05, 0.1) is 52.5 Å². The van der Waals surface area contributed by atoms with Crippen LogP contribution in [0.4, 0.5) is 29.1 Å². The Morgan fingerprint density at radius 3 is 2.74 bits per heavy atom. The molecule has 4 aliphatic rings. The van der Waals surface area contributed by atoms with Gasteiger partial charge in [-0.05, 0) is 45.2 Å². The van der Waals surface area contributed by atoms with Crippen molar-refractivity contribution >= 4 is 29.0 Å². The van der Waals surface area contributed by atoms with E-state index in [2.05, 4.69) is 16.6 Å². The van der Waals surface area contributed by atoms with Crippen molar-refractivity contribution in [2.24, 2.45) is 0 Å². The topological polar surface area (TPSA) is 115 Å². The van der Waals surface area contributed by atoms with Crippen LogP contribution in [0.3, 0.4) is 0 Å². The molecule has 7 rings (SSSR count). The summed E-state index contributed by atoms with van der Waals surface area (Å²) in [7, 11) is 3.35. The highest BCUT2D eigenvalue weighted by Gasteiger charge is 2.47. The molecule has 0 bridgehead atoms. The van der Waals surface area contributed by atoms with Gasteiger partial charge in [-0.25, -0.2) is 4.39 Å². The van der Waals surface area contributed by atoms with Crippen LogP contribution in [0.2, 0.25) is 5.02 Å². The lowest BCUT2D eigenvalue weighted by Crippen LogP contribution is -2.43. The van der Waals surface area contributed by atoms with Crippen molar-refractivity contribution in [1.82, 2.24) is 29.5 Å². The predicted molar refractivity (Wildman–Crippen MR) is 178 cm³/mol. The minimum Gasteiger partial charge on any atom is -0.461 e. The molecule has 2 saturated heterocycles. The summed E-state index contributed by atoms with van der Waals surface area (Å²) in [6, 6.07) is 0.831. The van der Waals surface area contributed by atoms with E-state index in [9.17, 15) is 18.0 Å². The normalized spacial score (nSPS) is 22.3. The number of hydrogen-bond donors (Lipinski definition) is 1. The molecule has 0 saturated carbocycles.